The largest absolute Gasteiger partial charge is 0.495 e. The summed E-state index contributed by atoms with van der Waals surface area (Å²) in [6.07, 6.45) is 0.878. The van der Waals surface area contributed by atoms with E-state index in [2.05, 4.69) is 15.9 Å². The molecule has 0 aliphatic rings. The molecule has 0 radical (unpaired) electrons. The monoisotopic (exact) mass is 307 g/mol. The molecule has 0 bridgehead atoms. The average Bonchev–Trinajstić information content (AvgIpc) is 2.64. The molecule has 0 saturated carbocycles. The van der Waals surface area contributed by atoms with E-state index in [9.17, 15) is 4.79 Å². The lowest BCUT2D eigenvalue weighted by Gasteiger charge is -2.14. The van der Waals surface area contributed by atoms with Crippen molar-refractivity contribution < 1.29 is 9.53 Å². The minimum atomic E-state index is 0.703. The van der Waals surface area contributed by atoms with Gasteiger partial charge in [0.15, 0.2) is 6.29 Å². The van der Waals surface area contributed by atoms with Crippen molar-refractivity contribution in [1.82, 2.24) is 4.57 Å². The Kier molecular flexibility index (Phi) is 3.57. The summed E-state index contributed by atoms with van der Waals surface area (Å²) in [5, 5.41) is 0. The molecular weight excluding hydrogens is 294 g/mol. The molecule has 1 aromatic carbocycles. The number of halogens is 1. The molecule has 0 N–H and O–H groups in total. The third-order valence-corrected chi connectivity index (χ3v) is 3.47. The van der Waals surface area contributed by atoms with Crippen molar-refractivity contribution in [3.63, 3.8) is 0 Å². The SMILES string of the molecule is COc1ccc(Br)cc1-n1c(C)cc(C=O)c1C. The van der Waals surface area contributed by atoms with Gasteiger partial charge in [0.2, 0.25) is 0 Å². The summed E-state index contributed by atoms with van der Waals surface area (Å²) in [6, 6.07) is 7.69. The number of benzene rings is 1. The van der Waals surface area contributed by atoms with Crippen LogP contribution in [-0.4, -0.2) is 18.0 Å². The van der Waals surface area contributed by atoms with Crippen LogP contribution in [0.2, 0.25) is 0 Å². The number of carbonyl (C=O) groups excluding carboxylic acids is 1. The van der Waals surface area contributed by atoms with Gasteiger partial charge in [0, 0.05) is 21.4 Å². The number of aromatic nitrogens is 1. The van der Waals surface area contributed by atoms with Gasteiger partial charge in [0.1, 0.15) is 5.75 Å². The molecular formula is C14H14BrNO2. The summed E-state index contributed by atoms with van der Waals surface area (Å²) in [6.45, 7) is 3.90. The maximum Gasteiger partial charge on any atom is 0.151 e. The lowest BCUT2D eigenvalue weighted by molar-refractivity contribution is 0.112. The Hall–Kier alpha value is -1.55. The number of carbonyl (C=O) groups is 1. The third kappa shape index (κ3) is 2.08. The molecule has 0 saturated heterocycles. The standard InChI is InChI=1S/C14H14BrNO2/c1-9-6-11(8-17)10(2)16(9)13-7-12(15)4-5-14(13)18-3/h4-8H,1-3H3. The summed E-state index contributed by atoms with van der Waals surface area (Å²) in [7, 11) is 1.64. The highest BCUT2D eigenvalue weighted by molar-refractivity contribution is 9.10. The maximum atomic E-state index is 11.0. The van der Waals surface area contributed by atoms with Crippen molar-refractivity contribution in [3.05, 3.63) is 45.7 Å². The number of hydrogen-bond acceptors (Lipinski definition) is 2. The molecule has 18 heavy (non-hydrogen) atoms. The lowest BCUT2D eigenvalue weighted by Crippen LogP contribution is -2.02. The molecule has 0 aliphatic carbocycles. The maximum absolute atomic E-state index is 11.0. The van der Waals surface area contributed by atoms with Gasteiger partial charge in [-0.2, -0.15) is 0 Å². The number of aldehydes is 1. The van der Waals surface area contributed by atoms with E-state index in [4.69, 9.17) is 4.74 Å². The first-order chi connectivity index (χ1) is 8.58. The number of hydrogen-bond donors (Lipinski definition) is 0. The third-order valence-electron chi connectivity index (χ3n) is 2.98. The fraction of sp³-hybridized carbons (Fsp3) is 0.214. The van der Waals surface area contributed by atoms with Crippen LogP contribution in [0.1, 0.15) is 21.7 Å². The normalized spacial score (nSPS) is 10.4. The first-order valence-electron chi connectivity index (χ1n) is 5.56. The fourth-order valence-corrected chi connectivity index (χ4v) is 2.46. The van der Waals surface area contributed by atoms with Crippen LogP contribution in [0, 0.1) is 13.8 Å². The first kappa shape index (κ1) is 12.9. The van der Waals surface area contributed by atoms with Gasteiger partial charge in [0.25, 0.3) is 0 Å². The number of rotatable bonds is 3. The summed E-state index contributed by atoms with van der Waals surface area (Å²) in [5.74, 6) is 0.775. The van der Waals surface area contributed by atoms with Crippen LogP contribution in [0.25, 0.3) is 5.69 Å². The van der Waals surface area contributed by atoms with Crippen LogP contribution in [-0.2, 0) is 0 Å². The lowest BCUT2D eigenvalue weighted by atomic mass is 10.2. The highest BCUT2D eigenvalue weighted by Gasteiger charge is 2.13. The van der Waals surface area contributed by atoms with Crippen LogP contribution in [0.5, 0.6) is 5.75 Å². The van der Waals surface area contributed by atoms with E-state index in [0.717, 1.165) is 33.6 Å². The van der Waals surface area contributed by atoms with Crippen LogP contribution in [0.4, 0.5) is 0 Å². The molecule has 3 nitrogen and oxygen atoms in total. The number of methoxy groups -OCH3 is 1. The van der Waals surface area contributed by atoms with E-state index in [1.165, 1.54) is 0 Å². The van der Waals surface area contributed by atoms with E-state index in [1.807, 2.05) is 42.7 Å². The predicted octanol–water partition coefficient (Wildman–Crippen LogP) is 3.68. The number of ether oxygens (including phenoxy) is 1. The van der Waals surface area contributed by atoms with Crippen LogP contribution in [0.3, 0.4) is 0 Å². The van der Waals surface area contributed by atoms with E-state index in [-0.39, 0.29) is 0 Å². The highest BCUT2D eigenvalue weighted by Crippen LogP contribution is 2.30. The Morgan fingerprint density at radius 1 is 1.28 bits per heavy atom. The molecule has 2 rings (SSSR count). The molecule has 4 heteroatoms. The van der Waals surface area contributed by atoms with Gasteiger partial charge in [-0.05, 0) is 38.1 Å². The minimum absolute atomic E-state index is 0.703. The molecule has 0 spiro atoms. The zero-order valence-electron chi connectivity index (χ0n) is 10.5. The van der Waals surface area contributed by atoms with Gasteiger partial charge >= 0.3 is 0 Å². The van der Waals surface area contributed by atoms with Gasteiger partial charge in [-0.15, -0.1) is 0 Å². The van der Waals surface area contributed by atoms with Crippen LogP contribution in [0.15, 0.2) is 28.7 Å². The number of nitrogens with zero attached hydrogens (tertiary/aromatic N) is 1. The fourth-order valence-electron chi connectivity index (χ4n) is 2.12. The van der Waals surface area contributed by atoms with E-state index in [0.29, 0.717) is 5.56 Å². The van der Waals surface area contributed by atoms with Gasteiger partial charge in [0.05, 0.1) is 12.8 Å². The number of aryl methyl sites for hydroxylation is 1. The molecule has 94 valence electrons. The minimum Gasteiger partial charge on any atom is -0.495 e. The molecule has 0 atom stereocenters. The Morgan fingerprint density at radius 2 is 2.00 bits per heavy atom. The van der Waals surface area contributed by atoms with Gasteiger partial charge < -0.3 is 9.30 Å². The predicted molar refractivity (Wildman–Crippen MR) is 74.9 cm³/mol. The van der Waals surface area contributed by atoms with Crippen molar-refractivity contribution in [3.8, 4) is 11.4 Å². The topological polar surface area (TPSA) is 31.2 Å². The van der Waals surface area contributed by atoms with Crippen molar-refractivity contribution in [2.45, 2.75) is 13.8 Å². The van der Waals surface area contributed by atoms with E-state index in [1.54, 1.807) is 7.11 Å². The molecule has 1 aromatic heterocycles. The Morgan fingerprint density at radius 3 is 2.56 bits per heavy atom. The molecule has 0 fully saturated rings. The van der Waals surface area contributed by atoms with Gasteiger partial charge in [-0.25, -0.2) is 0 Å². The summed E-state index contributed by atoms with van der Waals surface area (Å²) in [5.41, 5.74) is 3.55. The summed E-state index contributed by atoms with van der Waals surface area (Å²) in [4.78, 5) is 11.0. The van der Waals surface area contributed by atoms with Gasteiger partial charge in [-0.1, -0.05) is 15.9 Å². The first-order valence-corrected chi connectivity index (χ1v) is 6.35. The smallest absolute Gasteiger partial charge is 0.151 e. The summed E-state index contributed by atoms with van der Waals surface area (Å²) < 4.78 is 8.37. The second-order valence-corrected chi connectivity index (χ2v) is 5.01. The Bertz CT molecular complexity index is 602. The molecule has 0 amide bonds. The van der Waals surface area contributed by atoms with Crippen LogP contribution < -0.4 is 4.74 Å². The average molecular weight is 308 g/mol. The summed E-state index contributed by atoms with van der Waals surface area (Å²) >= 11 is 3.46. The molecule has 2 aromatic rings. The van der Waals surface area contributed by atoms with Crippen molar-refractivity contribution >= 4 is 22.2 Å². The van der Waals surface area contributed by atoms with Crippen LogP contribution >= 0.6 is 15.9 Å². The second-order valence-electron chi connectivity index (χ2n) is 4.10. The molecule has 1 heterocycles. The van der Waals surface area contributed by atoms with Crippen molar-refractivity contribution in [2.75, 3.05) is 7.11 Å². The van der Waals surface area contributed by atoms with Gasteiger partial charge in [-0.3, -0.25) is 4.79 Å². The second kappa shape index (κ2) is 4.98. The van der Waals surface area contributed by atoms with E-state index < -0.39 is 0 Å². The molecule has 0 aliphatic heterocycles. The van der Waals surface area contributed by atoms with Crippen molar-refractivity contribution in [2.24, 2.45) is 0 Å². The van der Waals surface area contributed by atoms with E-state index >= 15 is 0 Å². The Labute approximate surface area is 115 Å². The Balaban J connectivity index is 2.72. The van der Waals surface area contributed by atoms with Crippen molar-refractivity contribution in [1.29, 1.82) is 0 Å². The molecule has 0 unspecified atom stereocenters. The highest BCUT2D eigenvalue weighted by atomic mass is 79.9. The zero-order chi connectivity index (χ0) is 13.3. The quantitative estimate of drug-likeness (QED) is 0.810. The zero-order valence-corrected chi connectivity index (χ0v) is 12.1.